The summed E-state index contributed by atoms with van der Waals surface area (Å²) in [6, 6.07) is 10.6. The number of hydrogen-bond acceptors (Lipinski definition) is 2. The van der Waals surface area contributed by atoms with Gasteiger partial charge in [0.25, 0.3) is 5.91 Å². The van der Waals surface area contributed by atoms with Crippen LogP contribution in [0.1, 0.15) is 5.56 Å². The Bertz CT molecular complexity index is 612. The lowest BCUT2D eigenvalue weighted by Crippen LogP contribution is -2.28. The third-order valence-corrected chi connectivity index (χ3v) is 3.05. The zero-order valence-electron chi connectivity index (χ0n) is 10.9. The van der Waals surface area contributed by atoms with Gasteiger partial charge < -0.3 is 10.1 Å². The molecule has 0 aliphatic heterocycles. The molecular weight excluding hydrogens is 316 g/mol. The van der Waals surface area contributed by atoms with Crippen molar-refractivity contribution in [3.05, 3.63) is 63.9 Å². The molecule has 0 spiro atoms. The molecule has 0 fully saturated rings. The number of nitrogens with one attached hydrogen (secondary N) is 1. The van der Waals surface area contributed by atoms with Crippen LogP contribution in [0.4, 0.5) is 4.39 Å². The van der Waals surface area contributed by atoms with Gasteiger partial charge >= 0.3 is 0 Å². The van der Waals surface area contributed by atoms with Gasteiger partial charge in [0.2, 0.25) is 0 Å². The molecule has 2 aromatic carbocycles. The van der Waals surface area contributed by atoms with E-state index < -0.39 is 0 Å². The van der Waals surface area contributed by atoms with Gasteiger partial charge in [-0.05, 0) is 35.9 Å². The summed E-state index contributed by atoms with van der Waals surface area (Å²) >= 11 is 11.6. The first-order valence-corrected chi connectivity index (χ1v) is 6.88. The van der Waals surface area contributed by atoms with E-state index in [2.05, 4.69) is 5.32 Å². The fraction of sp³-hybridized carbons (Fsp3) is 0.133. The summed E-state index contributed by atoms with van der Waals surface area (Å²) in [5.74, 6) is -0.189. The smallest absolute Gasteiger partial charge is 0.258 e. The molecule has 0 saturated carbocycles. The van der Waals surface area contributed by atoms with Crippen molar-refractivity contribution in [2.24, 2.45) is 0 Å². The fourth-order valence-electron chi connectivity index (χ4n) is 1.61. The minimum atomic E-state index is -0.314. The lowest BCUT2D eigenvalue weighted by Gasteiger charge is -2.08. The minimum Gasteiger partial charge on any atom is -0.484 e. The molecule has 0 saturated heterocycles. The highest BCUT2D eigenvalue weighted by Gasteiger charge is 2.05. The van der Waals surface area contributed by atoms with Gasteiger partial charge in [0.15, 0.2) is 6.61 Å². The second kappa shape index (κ2) is 7.29. The van der Waals surface area contributed by atoms with E-state index in [-0.39, 0.29) is 18.3 Å². The zero-order valence-corrected chi connectivity index (χ0v) is 12.4. The van der Waals surface area contributed by atoms with Crippen LogP contribution in [-0.2, 0) is 11.3 Å². The summed E-state index contributed by atoms with van der Waals surface area (Å²) < 4.78 is 18.0. The van der Waals surface area contributed by atoms with Crippen molar-refractivity contribution < 1.29 is 13.9 Å². The molecule has 21 heavy (non-hydrogen) atoms. The first-order valence-electron chi connectivity index (χ1n) is 6.13. The third kappa shape index (κ3) is 5.25. The largest absolute Gasteiger partial charge is 0.484 e. The molecule has 1 amide bonds. The van der Waals surface area contributed by atoms with E-state index >= 15 is 0 Å². The number of rotatable bonds is 5. The number of halogens is 3. The second-order valence-corrected chi connectivity index (χ2v) is 5.17. The van der Waals surface area contributed by atoms with E-state index in [1.165, 1.54) is 12.1 Å². The van der Waals surface area contributed by atoms with Crippen molar-refractivity contribution in [3.63, 3.8) is 0 Å². The first-order chi connectivity index (χ1) is 10.0. The maximum Gasteiger partial charge on any atom is 0.258 e. The van der Waals surface area contributed by atoms with Crippen LogP contribution in [0.5, 0.6) is 5.75 Å². The SMILES string of the molecule is O=C(COc1cc(Cl)cc(Cl)c1)NCc1ccc(F)cc1. The Hall–Kier alpha value is -1.78. The van der Waals surface area contributed by atoms with Crippen LogP contribution >= 0.6 is 23.2 Å². The average molecular weight is 328 g/mol. The summed E-state index contributed by atoms with van der Waals surface area (Å²) in [5.41, 5.74) is 0.801. The maximum absolute atomic E-state index is 12.7. The topological polar surface area (TPSA) is 38.3 Å². The van der Waals surface area contributed by atoms with Crippen molar-refractivity contribution in [2.75, 3.05) is 6.61 Å². The number of carbonyl (C=O) groups excluding carboxylic acids is 1. The Balaban J connectivity index is 1.80. The molecule has 110 valence electrons. The van der Waals surface area contributed by atoms with Gasteiger partial charge in [0, 0.05) is 16.6 Å². The van der Waals surface area contributed by atoms with Gasteiger partial charge in [-0.2, -0.15) is 0 Å². The van der Waals surface area contributed by atoms with Crippen molar-refractivity contribution in [2.45, 2.75) is 6.54 Å². The number of carbonyl (C=O) groups is 1. The van der Waals surface area contributed by atoms with E-state index in [1.54, 1.807) is 30.3 Å². The normalized spacial score (nSPS) is 10.2. The van der Waals surface area contributed by atoms with Crippen molar-refractivity contribution in [1.29, 1.82) is 0 Å². The Morgan fingerprint density at radius 2 is 1.71 bits per heavy atom. The Morgan fingerprint density at radius 3 is 2.33 bits per heavy atom. The van der Waals surface area contributed by atoms with Crippen LogP contribution in [0, 0.1) is 5.82 Å². The molecule has 0 bridgehead atoms. The van der Waals surface area contributed by atoms with Gasteiger partial charge in [0.1, 0.15) is 11.6 Å². The molecule has 3 nitrogen and oxygen atoms in total. The van der Waals surface area contributed by atoms with Crippen LogP contribution in [-0.4, -0.2) is 12.5 Å². The fourth-order valence-corrected chi connectivity index (χ4v) is 2.12. The Kier molecular flexibility index (Phi) is 5.42. The number of ether oxygens (including phenoxy) is 1. The number of benzene rings is 2. The first kappa shape index (κ1) is 15.6. The third-order valence-electron chi connectivity index (χ3n) is 2.61. The minimum absolute atomic E-state index is 0.155. The predicted molar refractivity (Wildman–Crippen MR) is 80.2 cm³/mol. The summed E-state index contributed by atoms with van der Waals surface area (Å²) in [6.07, 6.45) is 0. The second-order valence-electron chi connectivity index (χ2n) is 4.30. The standard InChI is InChI=1S/C15H12Cl2FNO2/c16-11-5-12(17)7-14(6-11)21-9-15(20)19-8-10-1-3-13(18)4-2-10/h1-7H,8-9H2,(H,19,20). The summed E-state index contributed by atoms with van der Waals surface area (Å²) in [5, 5.41) is 3.53. The highest BCUT2D eigenvalue weighted by atomic mass is 35.5. The zero-order chi connectivity index (χ0) is 15.2. The van der Waals surface area contributed by atoms with E-state index in [4.69, 9.17) is 27.9 Å². The molecular formula is C15H12Cl2FNO2. The van der Waals surface area contributed by atoms with Gasteiger partial charge in [-0.25, -0.2) is 4.39 Å². The monoisotopic (exact) mass is 327 g/mol. The molecule has 0 atom stereocenters. The van der Waals surface area contributed by atoms with Gasteiger partial charge in [-0.15, -0.1) is 0 Å². The summed E-state index contributed by atoms with van der Waals surface area (Å²) in [4.78, 5) is 11.7. The van der Waals surface area contributed by atoms with Gasteiger partial charge in [0.05, 0.1) is 0 Å². The average Bonchev–Trinajstić information content (AvgIpc) is 2.43. The Morgan fingerprint density at radius 1 is 1.10 bits per heavy atom. The van der Waals surface area contributed by atoms with Crippen molar-refractivity contribution in [1.82, 2.24) is 5.32 Å². The number of amides is 1. The quantitative estimate of drug-likeness (QED) is 0.906. The molecule has 0 heterocycles. The molecule has 1 N–H and O–H groups in total. The highest BCUT2D eigenvalue weighted by molar-refractivity contribution is 6.34. The van der Waals surface area contributed by atoms with E-state index in [0.29, 0.717) is 22.3 Å². The van der Waals surface area contributed by atoms with Gasteiger partial charge in [-0.3, -0.25) is 4.79 Å². The van der Waals surface area contributed by atoms with E-state index in [9.17, 15) is 9.18 Å². The van der Waals surface area contributed by atoms with Gasteiger partial charge in [-0.1, -0.05) is 35.3 Å². The van der Waals surface area contributed by atoms with Crippen LogP contribution in [0.25, 0.3) is 0 Å². The van der Waals surface area contributed by atoms with Crippen molar-refractivity contribution >= 4 is 29.1 Å². The van der Waals surface area contributed by atoms with Crippen LogP contribution in [0.2, 0.25) is 10.0 Å². The number of hydrogen-bond donors (Lipinski definition) is 1. The van der Waals surface area contributed by atoms with Crippen molar-refractivity contribution in [3.8, 4) is 5.75 Å². The summed E-state index contributed by atoms with van der Waals surface area (Å²) in [6.45, 7) is 0.149. The van der Waals surface area contributed by atoms with E-state index in [0.717, 1.165) is 5.56 Å². The molecule has 0 radical (unpaired) electrons. The molecule has 0 aromatic heterocycles. The van der Waals surface area contributed by atoms with Crippen LogP contribution in [0.15, 0.2) is 42.5 Å². The predicted octanol–water partition coefficient (Wildman–Crippen LogP) is 3.83. The van der Waals surface area contributed by atoms with Crippen LogP contribution in [0.3, 0.4) is 0 Å². The highest BCUT2D eigenvalue weighted by Crippen LogP contribution is 2.23. The maximum atomic E-state index is 12.7. The summed E-state index contributed by atoms with van der Waals surface area (Å²) in [7, 11) is 0. The molecule has 0 aliphatic carbocycles. The molecule has 2 aromatic rings. The lowest BCUT2D eigenvalue weighted by atomic mass is 10.2. The Labute approximate surface area is 131 Å². The molecule has 2 rings (SSSR count). The molecule has 0 aliphatic rings. The van der Waals surface area contributed by atoms with E-state index in [1.807, 2.05) is 0 Å². The molecule has 0 unspecified atom stereocenters. The molecule has 6 heteroatoms. The lowest BCUT2D eigenvalue weighted by molar-refractivity contribution is -0.123. The van der Waals surface area contributed by atoms with Crippen LogP contribution < -0.4 is 10.1 Å².